The summed E-state index contributed by atoms with van der Waals surface area (Å²) in [7, 11) is -3.65. The summed E-state index contributed by atoms with van der Waals surface area (Å²) >= 11 is 5.97. The van der Waals surface area contributed by atoms with Gasteiger partial charge in [0.05, 0.1) is 16.3 Å². The molecule has 0 spiro atoms. The zero-order valence-corrected chi connectivity index (χ0v) is 19.0. The topological polar surface area (TPSA) is 75.5 Å². The van der Waals surface area contributed by atoms with Crippen molar-refractivity contribution in [2.45, 2.75) is 23.7 Å². The summed E-state index contributed by atoms with van der Waals surface area (Å²) in [5.41, 5.74) is 2.30. The number of halogens is 1. The van der Waals surface area contributed by atoms with E-state index in [0.717, 1.165) is 24.2 Å². The Morgan fingerprint density at radius 3 is 2.31 bits per heavy atom. The first-order chi connectivity index (χ1) is 15.4. The molecule has 0 unspecified atom stereocenters. The lowest BCUT2D eigenvalue weighted by Crippen LogP contribution is -2.50. The predicted octanol–water partition coefficient (Wildman–Crippen LogP) is 3.55. The van der Waals surface area contributed by atoms with Gasteiger partial charge in [-0.05, 0) is 49.2 Å². The van der Waals surface area contributed by atoms with Crippen LogP contribution in [0.15, 0.2) is 65.6 Å². The van der Waals surface area contributed by atoms with E-state index in [0.29, 0.717) is 29.7 Å². The van der Waals surface area contributed by atoms with Crippen LogP contribution in [0.1, 0.15) is 34.9 Å². The second-order valence-corrected chi connectivity index (χ2v) is 10.5. The van der Waals surface area contributed by atoms with Crippen LogP contribution in [0.3, 0.4) is 0 Å². The van der Waals surface area contributed by atoms with E-state index in [4.69, 9.17) is 16.7 Å². The zero-order chi connectivity index (χ0) is 22.3. The zero-order valence-electron chi connectivity index (χ0n) is 17.4. The van der Waals surface area contributed by atoms with Crippen molar-refractivity contribution in [3.63, 3.8) is 0 Å². The van der Waals surface area contributed by atoms with Gasteiger partial charge in [-0.3, -0.25) is 4.79 Å². The molecule has 1 aliphatic heterocycles. The number of aromatic nitrogens is 2. The van der Waals surface area contributed by atoms with Crippen LogP contribution in [0.25, 0.3) is 5.69 Å². The minimum Gasteiger partial charge on any atom is -0.335 e. The Balaban J connectivity index is 1.35. The molecule has 2 fully saturated rings. The van der Waals surface area contributed by atoms with Crippen LogP contribution in [0.4, 0.5) is 0 Å². The molecule has 0 atom stereocenters. The SMILES string of the molecule is O=C(c1cc(C2CC2)nn1-c1ccccc1)N1CCN(S(=O)(=O)c2cccc(Cl)c2)CC1. The van der Waals surface area contributed by atoms with Crippen molar-refractivity contribution in [2.24, 2.45) is 0 Å². The third-order valence-corrected chi connectivity index (χ3v) is 8.03. The predicted molar refractivity (Wildman–Crippen MR) is 122 cm³/mol. The number of hydrogen-bond donors (Lipinski definition) is 0. The van der Waals surface area contributed by atoms with Crippen LogP contribution >= 0.6 is 11.6 Å². The number of piperazine rings is 1. The molecular weight excluding hydrogens is 448 g/mol. The Morgan fingerprint density at radius 1 is 0.938 bits per heavy atom. The molecule has 1 aliphatic carbocycles. The molecular formula is C23H23ClN4O3S. The van der Waals surface area contributed by atoms with Gasteiger partial charge in [0, 0.05) is 37.1 Å². The number of sulfonamides is 1. The molecule has 1 saturated carbocycles. The lowest BCUT2D eigenvalue weighted by molar-refractivity contribution is 0.0688. The van der Waals surface area contributed by atoms with Crippen LogP contribution in [-0.4, -0.2) is 59.5 Å². The van der Waals surface area contributed by atoms with Crippen molar-refractivity contribution in [1.29, 1.82) is 0 Å². The molecule has 3 aromatic rings. The highest BCUT2D eigenvalue weighted by atomic mass is 35.5. The Labute approximate surface area is 192 Å². The maximum absolute atomic E-state index is 13.4. The summed E-state index contributed by atoms with van der Waals surface area (Å²) in [6.45, 7) is 1.10. The van der Waals surface area contributed by atoms with E-state index < -0.39 is 10.0 Å². The Bertz CT molecular complexity index is 1250. The van der Waals surface area contributed by atoms with Gasteiger partial charge in [0.15, 0.2) is 0 Å². The maximum atomic E-state index is 13.4. The van der Waals surface area contributed by atoms with Crippen molar-refractivity contribution in [3.8, 4) is 5.69 Å². The van der Waals surface area contributed by atoms with Gasteiger partial charge in [-0.2, -0.15) is 9.40 Å². The molecule has 2 heterocycles. The molecule has 2 aromatic carbocycles. The first-order valence-corrected chi connectivity index (χ1v) is 12.5. The molecule has 5 rings (SSSR count). The molecule has 2 aliphatic rings. The van der Waals surface area contributed by atoms with Gasteiger partial charge in [0.25, 0.3) is 5.91 Å². The van der Waals surface area contributed by atoms with Crippen molar-refractivity contribution in [1.82, 2.24) is 19.0 Å². The van der Waals surface area contributed by atoms with Crippen molar-refractivity contribution in [3.05, 3.63) is 77.1 Å². The van der Waals surface area contributed by atoms with Crippen molar-refractivity contribution >= 4 is 27.5 Å². The third kappa shape index (κ3) is 4.05. The highest BCUT2D eigenvalue weighted by molar-refractivity contribution is 7.89. The molecule has 32 heavy (non-hydrogen) atoms. The number of nitrogens with zero attached hydrogens (tertiary/aromatic N) is 4. The second kappa shape index (κ2) is 8.35. The van der Waals surface area contributed by atoms with Crippen molar-refractivity contribution in [2.75, 3.05) is 26.2 Å². The van der Waals surface area contributed by atoms with E-state index >= 15 is 0 Å². The molecule has 166 valence electrons. The number of amides is 1. The average molecular weight is 471 g/mol. The summed E-state index contributed by atoms with van der Waals surface area (Å²) in [4.78, 5) is 15.3. The Kier molecular flexibility index (Phi) is 5.53. The van der Waals surface area contributed by atoms with Crippen LogP contribution in [-0.2, 0) is 10.0 Å². The monoisotopic (exact) mass is 470 g/mol. The van der Waals surface area contributed by atoms with E-state index in [1.54, 1.807) is 21.7 Å². The molecule has 0 N–H and O–H groups in total. The highest BCUT2D eigenvalue weighted by Crippen LogP contribution is 2.40. The summed E-state index contributed by atoms with van der Waals surface area (Å²) < 4.78 is 29.0. The van der Waals surface area contributed by atoms with E-state index in [1.165, 1.54) is 16.4 Å². The average Bonchev–Trinajstić information content (AvgIpc) is 3.57. The number of hydrogen-bond acceptors (Lipinski definition) is 4. The van der Waals surface area contributed by atoms with E-state index in [1.807, 2.05) is 36.4 Å². The highest BCUT2D eigenvalue weighted by Gasteiger charge is 2.33. The van der Waals surface area contributed by atoms with Gasteiger partial charge in [-0.25, -0.2) is 13.1 Å². The quantitative estimate of drug-likeness (QED) is 0.571. The molecule has 1 amide bonds. The smallest absolute Gasteiger partial charge is 0.272 e. The number of rotatable bonds is 5. The molecule has 1 aromatic heterocycles. The minimum absolute atomic E-state index is 0.131. The summed E-state index contributed by atoms with van der Waals surface area (Å²) in [6, 6.07) is 17.8. The van der Waals surface area contributed by atoms with Crippen LogP contribution < -0.4 is 0 Å². The van der Waals surface area contributed by atoms with Gasteiger partial charge in [-0.1, -0.05) is 35.9 Å². The first-order valence-electron chi connectivity index (χ1n) is 10.6. The summed E-state index contributed by atoms with van der Waals surface area (Å²) in [5.74, 6) is 0.291. The van der Waals surface area contributed by atoms with Gasteiger partial charge >= 0.3 is 0 Å². The van der Waals surface area contributed by atoms with E-state index in [-0.39, 0.29) is 23.9 Å². The molecule has 1 saturated heterocycles. The van der Waals surface area contributed by atoms with Gasteiger partial charge < -0.3 is 4.90 Å². The second-order valence-electron chi connectivity index (χ2n) is 8.13. The Morgan fingerprint density at radius 2 is 1.66 bits per heavy atom. The number of benzene rings is 2. The van der Waals surface area contributed by atoms with E-state index in [9.17, 15) is 13.2 Å². The standard InChI is InChI=1S/C23H23ClN4O3S/c24-18-5-4-8-20(15-18)32(30,31)27-13-11-26(12-14-27)23(29)22-16-21(17-9-10-17)25-28(22)19-6-2-1-3-7-19/h1-8,15-17H,9-14H2. The van der Waals surface area contributed by atoms with Gasteiger partial charge in [-0.15, -0.1) is 0 Å². The first kappa shape index (κ1) is 21.2. The molecule has 7 nitrogen and oxygen atoms in total. The molecule has 9 heteroatoms. The summed E-state index contributed by atoms with van der Waals surface area (Å²) in [5, 5.41) is 5.09. The van der Waals surface area contributed by atoms with E-state index in [2.05, 4.69) is 0 Å². The third-order valence-electron chi connectivity index (χ3n) is 5.90. The normalized spacial score (nSPS) is 17.5. The van der Waals surface area contributed by atoms with Crippen molar-refractivity contribution < 1.29 is 13.2 Å². The molecule has 0 bridgehead atoms. The number of carbonyl (C=O) groups is 1. The minimum atomic E-state index is -3.65. The fourth-order valence-electron chi connectivity index (χ4n) is 3.97. The Hall–Kier alpha value is -2.68. The van der Waals surface area contributed by atoms with Gasteiger partial charge in [0.1, 0.15) is 5.69 Å². The maximum Gasteiger partial charge on any atom is 0.272 e. The number of carbonyl (C=O) groups excluding carboxylic acids is 1. The largest absolute Gasteiger partial charge is 0.335 e. The number of para-hydroxylation sites is 1. The van der Waals surface area contributed by atoms with Gasteiger partial charge in [0.2, 0.25) is 10.0 Å². The fraction of sp³-hybridized carbons (Fsp3) is 0.304. The van der Waals surface area contributed by atoms with Crippen LogP contribution in [0, 0.1) is 0 Å². The lowest BCUT2D eigenvalue weighted by Gasteiger charge is -2.34. The lowest BCUT2D eigenvalue weighted by atomic mass is 10.2. The van der Waals surface area contributed by atoms with Crippen LogP contribution in [0.2, 0.25) is 5.02 Å². The summed E-state index contributed by atoms with van der Waals surface area (Å²) in [6.07, 6.45) is 2.19. The molecule has 0 radical (unpaired) electrons. The van der Waals surface area contributed by atoms with Crippen LogP contribution in [0.5, 0.6) is 0 Å². The fourth-order valence-corrected chi connectivity index (χ4v) is 5.69.